The van der Waals surface area contributed by atoms with Crippen LogP contribution in [0.15, 0.2) is 42.7 Å². The van der Waals surface area contributed by atoms with Gasteiger partial charge in [-0.1, -0.05) is 12.1 Å². The van der Waals surface area contributed by atoms with Crippen molar-refractivity contribution < 1.29 is 4.39 Å². The number of aromatic nitrogens is 2. The van der Waals surface area contributed by atoms with Gasteiger partial charge in [0.2, 0.25) is 0 Å². The van der Waals surface area contributed by atoms with Gasteiger partial charge in [-0.3, -0.25) is 4.68 Å². The molecule has 1 heterocycles. The molecule has 0 aliphatic rings. The summed E-state index contributed by atoms with van der Waals surface area (Å²) in [6.45, 7) is 1.38. The van der Waals surface area contributed by atoms with Crippen LogP contribution in [0.25, 0.3) is 0 Å². The molecule has 15 heavy (non-hydrogen) atoms. The third kappa shape index (κ3) is 2.56. The summed E-state index contributed by atoms with van der Waals surface area (Å²) >= 11 is 0. The average molecular weight is 205 g/mol. The van der Waals surface area contributed by atoms with Crippen molar-refractivity contribution in [2.24, 2.45) is 0 Å². The Hall–Kier alpha value is -1.84. The minimum absolute atomic E-state index is 0.224. The number of rotatable bonds is 4. The lowest BCUT2D eigenvalue weighted by Crippen LogP contribution is -2.11. The van der Waals surface area contributed by atoms with Gasteiger partial charge in [-0.15, -0.1) is 0 Å². The first-order valence-corrected chi connectivity index (χ1v) is 4.82. The SMILES string of the molecule is Fc1ccccc1NCCn1cccn1. The van der Waals surface area contributed by atoms with Crippen LogP contribution in [0.3, 0.4) is 0 Å². The predicted molar refractivity (Wildman–Crippen MR) is 57.1 cm³/mol. The van der Waals surface area contributed by atoms with Gasteiger partial charge in [0.1, 0.15) is 5.82 Å². The van der Waals surface area contributed by atoms with Gasteiger partial charge in [0.25, 0.3) is 0 Å². The van der Waals surface area contributed by atoms with Gasteiger partial charge in [-0.25, -0.2) is 4.39 Å². The first-order chi connectivity index (χ1) is 7.36. The zero-order valence-corrected chi connectivity index (χ0v) is 8.23. The highest BCUT2D eigenvalue weighted by atomic mass is 19.1. The molecule has 78 valence electrons. The van der Waals surface area contributed by atoms with E-state index in [4.69, 9.17) is 0 Å². The Kier molecular flexibility index (Phi) is 2.97. The van der Waals surface area contributed by atoms with Crippen molar-refractivity contribution in [3.05, 3.63) is 48.5 Å². The van der Waals surface area contributed by atoms with Crippen LogP contribution < -0.4 is 5.32 Å². The van der Waals surface area contributed by atoms with Gasteiger partial charge in [0, 0.05) is 18.9 Å². The molecule has 0 unspecified atom stereocenters. The van der Waals surface area contributed by atoms with E-state index in [2.05, 4.69) is 10.4 Å². The number of nitrogens with one attached hydrogen (secondary N) is 1. The third-order valence-electron chi connectivity index (χ3n) is 2.09. The Labute approximate surface area is 87.5 Å². The average Bonchev–Trinajstić information content (AvgIpc) is 2.74. The summed E-state index contributed by atoms with van der Waals surface area (Å²) in [7, 11) is 0. The lowest BCUT2D eigenvalue weighted by atomic mass is 10.3. The van der Waals surface area contributed by atoms with E-state index in [1.165, 1.54) is 6.07 Å². The van der Waals surface area contributed by atoms with Crippen molar-refractivity contribution in [2.45, 2.75) is 6.54 Å². The van der Waals surface area contributed by atoms with Gasteiger partial charge < -0.3 is 5.32 Å². The van der Waals surface area contributed by atoms with Crippen LogP contribution in [-0.2, 0) is 6.54 Å². The van der Waals surface area contributed by atoms with Crippen molar-refractivity contribution in [3.8, 4) is 0 Å². The molecule has 1 N–H and O–H groups in total. The van der Waals surface area contributed by atoms with E-state index in [0.717, 1.165) is 6.54 Å². The van der Waals surface area contributed by atoms with E-state index in [9.17, 15) is 4.39 Å². The van der Waals surface area contributed by atoms with Gasteiger partial charge in [0.05, 0.1) is 12.2 Å². The molecule has 4 heteroatoms. The van der Waals surface area contributed by atoms with Crippen molar-refractivity contribution >= 4 is 5.69 Å². The normalized spacial score (nSPS) is 10.2. The molecule has 0 amide bonds. The van der Waals surface area contributed by atoms with Gasteiger partial charge in [-0.2, -0.15) is 5.10 Å². The minimum atomic E-state index is -0.224. The zero-order chi connectivity index (χ0) is 10.5. The maximum absolute atomic E-state index is 13.2. The zero-order valence-electron chi connectivity index (χ0n) is 8.23. The minimum Gasteiger partial charge on any atom is -0.381 e. The van der Waals surface area contributed by atoms with Crippen LogP contribution >= 0.6 is 0 Å². The molecule has 0 atom stereocenters. The summed E-state index contributed by atoms with van der Waals surface area (Å²) in [5, 5.41) is 7.07. The van der Waals surface area contributed by atoms with Crippen LogP contribution in [0.5, 0.6) is 0 Å². The molecular formula is C11H12FN3. The third-order valence-corrected chi connectivity index (χ3v) is 2.09. The molecule has 0 radical (unpaired) electrons. The summed E-state index contributed by atoms with van der Waals surface area (Å²) < 4.78 is 15.0. The van der Waals surface area contributed by atoms with Crippen LogP contribution in [0, 0.1) is 5.82 Å². The maximum atomic E-state index is 13.2. The number of para-hydroxylation sites is 1. The molecule has 0 spiro atoms. The Morgan fingerprint density at radius 1 is 1.27 bits per heavy atom. The summed E-state index contributed by atoms with van der Waals surface area (Å²) in [4.78, 5) is 0. The molecule has 3 nitrogen and oxygen atoms in total. The quantitative estimate of drug-likeness (QED) is 0.828. The number of anilines is 1. The fourth-order valence-electron chi connectivity index (χ4n) is 1.34. The molecule has 2 aromatic rings. The van der Waals surface area contributed by atoms with E-state index in [1.54, 1.807) is 29.1 Å². The summed E-state index contributed by atoms with van der Waals surface area (Å²) in [5.74, 6) is -0.224. The van der Waals surface area contributed by atoms with Crippen LogP contribution in [0.1, 0.15) is 0 Å². The van der Waals surface area contributed by atoms with Crippen molar-refractivity contribution in [1.29, 1.82) is 0 Å². The molecule has 0 aliphatic heterocycles. The molecule has 1 aromatic heterocycles. The topological polar surface area (TPSA) is 29.9 Å². The molecule has 0 aliphatic carbocycles. The fraction of sp³-hybridized carbons (Fsp3) is 0.182. The number of hydrogen-bond donors (Lipinski definition) is 1. The predicted octanol–water partition coefficient (Wildman–Crippen LogP) is 2.13. The second-order valence-corrected chi connectivity index (χ2v) is 3.18. The number of nitrogens with zero attached hydrogens (tertiary/aromatic N) is 2. The number of hydrogen-bond acceptors (Lipinski definition) is 2. The van der Waals surface area contributed by atoms with E-state index in [-0.39, 0.29) is 5.82 Å². The molecule has 0 fully saturated rings. The van der Waals surface area contributed by atoms with Crippen LogP contribution in [0.4, 0.5) is 10.1 Å². The number of halogens is 1. The standard InChI is InChI=1S/C11H12FN3/c12-10-4-1-2-5-11(10)13-7-9-15-8-3-6-14-15/h1-6,8,13H,7,9H2. The fourth-order valence-corrected chi connectivity index (χ4v) is 1.34. The van der Waals surface area contributed by atoms with Gasteiger partial charge >= 0.3 is 0 Å². The Bertz CT molecular complexity index is 412. The Morgan fingerprint density at radius 2 is 2.13 bits per heavy atom. The first kappa shape index (κ1) is 9.71. The van der Waals surface area contributed by atoms with Crippen molar-refractivity contribution in [1.82, 2.24) is 9.78 Å². The second-order valence-electron chi connectivity index (χ2n) is 3.18. The van der Waals surface area contributed by atoms with Crippen LogP contribution in [-0.4, -0.2) is 16.3 Å². The number of benzene rings is 1. The highest BCUT2D eigenvalue weighted by Crippen LogP contribution is 2.11. The van der Waals surface area contributed by atoms with E-state index in [0.29, 0.717) is 12.2 Å². The molecule has 0 saturated heterocycles. The van der Waals surface area contributed by atoms with E-state index < -0.39 is 0 Å². The van der Waals surface area contributed by atoms with Crippen molar-refractivity contribution in [3.63, 3.8) is 0 Å². The molecule has 0 saturated carbocycles. The highest BCUT2D eigenvalue weighted by molar-refractivity contribution is 5.44. The lowest BCUT2D eigenvalue weighted by Gasteiger charge is -2.06. The lowest BCUT2D eigenvalue weighted by molar-refractivity contribution is 0.618. The molecular weight excluding hydrogens is 193 g/mol. The summed E-state index contributed by atoms with van der Waals surface area (Å²) in [5.41, 5.74) is 0.532. The van der Waals surface area contributed by atoms with E-state index in [1.807, 2.05) is 12.3 Å². The maximum Gasteiger partial charge on any atom is 0.146 e. The first-order valence-electron chi connectivity index (χ1n) is 4.82. The second kappa shape index (κ2) is 4.59. The molecule has 0 bridgehead atoms. The van der Waals surface area contributed by atoms with Gasteiger partial charge in [0.15, 0.2) is 0 Å². The monoisotopic (exact) mass is 205 g/mol. The highest BCUT2D eigenvalue weighted by Gasteiger charge is 1.98. The van der Waals surface area contributed by atoms with Crippen LogP contribution in [0.2, 0.25) is 0 Å². The van der Waals surface area contributed by atoms with E-state index >= 15 is 0 Å². The van der Waals surface area contributed by atoms with Crippen molar-refractivity contribution in [2.75, 3.05) is 11.9 Å². The Balaban J connectivity index is 1.86. The smallest absolute Gasteiger partial charge is 0.146 e. The summed E-state index contributed by atoms with van der Waals surface area (Å²) in [6, 6.07) is 8.51. The molecule has 1 aromatic carbocycles. The molecule has 2 rings (SSSR count). The summed E-state index contributed by atoms with van der Waals surface area (Å²) in [6.07, 6.45) is 3.60. The largest absolute Gasteiger partial charge is 0.381 e. The Morgan fingerprint density at radius 3 is 2.87 bits per heavy atom. The van der Waals surface area contributed by atoms with Gasteiger partial charge in [-0.05, 0) is 18.2 Å².